The molecule has 1 aliphatic rings. The fraction of sp³-hybridized carbons (Fsp3) is 0.158. The number of nitrogens with one attached hydrogen (secondary N) is 1. The largest absolute Gasteiger partial charge is 0.308 e. The molecule has 2 aromatic carbocycles. The highest BCUT2D eigenvalue weighted by atomic mass is 19.1. The molecule has 1 N–H and O–H groups in total. The van der Waals surface area contributed by atoms with Gasteiger partial charge in [0.2, 0.25) is 5.91 Å². The maximum absolute atomic E-state index is 13.8. The summed E-state index contributed by atoms with van der Waals surface area (Å²) in [6.07, 6.45) is 3.30. The van der Waals surface area contributed by atoms with Gasteiger partial charge < -0.3 is 5.32 Å². The van der Waals surface area contributed by atoms with E-state index < -0.39 is 5.41 Å². The molecule has 1 fully saturated rings. The van der Waals surface area contributed by atoms with Crippen LogP contribution in [0.15, 0.2) is 66.9 Å². The first-order chi connectivity index (χ1) is 11.7. The van der Waals surface area contributed by atoms with Crippen molar-refractivity contribution >= 4 is 11.7 Å². The highest BCUT2D eigenvalue weighted by Gasteiger charge is 2.51. The van der Waals surface area contributed by atoms with Crippen molar-refractivity contribution in [2.45, 2.75) is 18.3 Å². The van der Waals surface area contributed by atoms with Crippen molar-refractivity contribution in [3.63, 3.8) is 0 Å². The minimum absolute atomic E-state index is 0.0625. The minimum Gasteiger partial charge on any atom is -0.308 e. The van der Waals surface area contributed by atoms with Crippen molar-refractivity contribution in [1.29, 1.82) is 0 Å². The Hall–Kier alpha value is -2.95. The molecule has 0 bridgehead atoms. The molecule has 1 saturated carbocycles. The maximum Gasteiger partial charge on any atom is 0.236 e. The summed E-state index contributed by atoms with van der Waals surface area (Å²) in [5, 5.41) is 7.12. The molecular formula is C19H16FN3O. The fourth-order valence-corrected chi connectivity index (χ4v) is 2.93. The number of carbonyl (C=O) groups excluding carboxylic acids is 1. The quantitative estimate of drug-likeness (QED) is 0.797. The lowest BCUT2D eigenvalue weighted by molar-refractivity contribution is -0.118. The molecule has 0 spiro atoms. The van der Waals surface area contributed by atoms with Crippen LogP contribution in [0.2, 0.25) is 0 Å². The van der Waals surface area contributed by atoms with Crippen LogP contribution < -0.4 is 5.32 Å². The fourth-order valence-electron chi connectivity index (χ4n) is 2.93. The topological polar surface area (TPSA) is 46.9 Å². The van der Waals surface area contributed by atoms with Crippen molar-refractivity contribution in [1.82, 2.24) is 9.78 Å². The molecule has 0 atom stereocenters. The van der Waals surface area contributed by atoms with E-state index >= 15 is 0 Å². The molecule has 4 rings (SSSR count). The number of anilines is 1. The van der Waals surface area contributed by atoms with E-state index in [1.54, 1.807) is 30.5 Å². The van der Waals surface area contributed by atoms with Crippen molar-refractivity contribution in [3.8, 4) is 5.69 Å². The van der Waals surface area contributed by atoms with Gasteiger partial charge in [-0.15, -0.1) is 5.10 Å². The zero-order chi connectivity index (χ0) is 16.6. The lowest BCUT2D eigenvalue weighted by Gasteiger charge is -2.14. The maximum atomic E-state index is 13.8. The third-order valence-electron chi connectivity index (χ3n) is 4.44. The van der Waals surface area contributed by atoms with Gasteiger partial charge in [0.25, 0.3) is 0 Å². The monoisotopic (exact) mass is 321 g/mol. The van der Waals surface area contributed by atoms with E-state index in [-0.39, 0.29) is 11.7 Å². The number of nitrogens with zero attached hydrogens (tertiary/aromatic N) is 2. The second kappa shape index (κ2) is 5.60. The molecule has 3 aromatic rings. The second-order valence-corrected chi connectivity index (χ2v) is 6.00. The Bertz CT molecular complexity index is 884. The molecular weight excluding hydrogens is 305 g/mol. The van der Waals surface area contributed by atoms with Gasteiger partial charge in [0, 0.05) is 12.3 Å². The van der Waals surface area contributed by atoms with Crippen LogP contribution in [0.25, 0.3) is 5.69 Å². The minimum atomic E-state index is -0.455. The van der Waals surface area contributed by atoms with Crippen LogP contribution in [0, 0.1) is 5.82 Å². The summed E-state index contributed by atoms with van der Waals surface area (Å²) in [7, 11) is 0. The van der Waals surface area contributed by atoms with E-state index in [4.69, 9.17) is 0 Å². The van der Waals surface area contributed by atoms with Crippen LogP contribution in [0.5, 0.6) is 0 Å². The van der Waals surface area contributed by atoms with E-state index in [2.05, 4.69) is 10.4 Å². The number of benzene rings is 2. The number of halogens is 1. The van der Waals surface area contributed by atoms with Crippen molar-refractivity contribution in [3.05, 3.63) is 78.2 Å². The van der Waals surface area contributed by atoms with Crippen molar-refractivity contribution < 1.29 is 9.18 Å². The molecule has 1 amide bonds. The third-order valence-corrected chi connectivity index (χ3v) is 4.44. The molecule has 0 radical (unpaired) electrons. The number of para-hydroxylation sites is 1. The average molecular weight is 321 g/mol. The molecule has 0 aliphatic heterocycles. The van der Waals surface area contributed by atoms with Crippen LogP contribution in [0.4, 0.5) is 10.2 Å². The second-order valence-electron chi connectivity index (χ2n) is 6.00. The third kappa shape index (κ3) is 2.48. The van der Waals surface area contributed by atoms with Gasteiger partial charge in [0.15, 0.2) is 5.82 Å². The van der Waals surface area contributed by atoms with E-state index in [0.29, 0.717) is 11.5 Å². The molecule has 5 heteroatoms. The van der Waals surface area contributed by atoms with Gasteiger partial charge in [0.1, 0.15) is 11.5 Å². The van der Waals surface area contributed by atoms with Gasteiger partial charge in [-0.2, -0.15) is 0 Å². The zero-order valence-corrected chi connectivity index (χ0v) is 12.9. The zero-order valence-electron chi connectivity index (χ0n) is 12.9. The molecule has 120 valence electrons. The van der Waals surface area contributed by atoms with E-state index in [0.717, 1.165) is 18.4 Å². The van der Waals surface area contributed by atoms with E-state index in [1.807, 2.05) is 30.3 Å². The Morgan fingerprint density at radius 1 is 1.04 bits per heavy atom. The highest BCUT2D eigenvalue weighted by molar-refractivity contribution is 6.00. The van der Waals surface area contributed by atoms with Gasteiger partial charge in [-0.3, -0.25) is 4.79 Å². The standard InChI is InChI=1S/C19H16FN3O/c20-15-8-4-5-9-16(15)23-13-10-17(22-23)21-18(24)19(11-12-19)14-6-2-1-3-7-14/h1-10,13H,11-12H2,(H,21,22,24). The highest BCUT2D eigenvalue weighted by Crippen LogP contribution is 2.48. The molecule has 1 aliphatic carbocycles. The summed E-state index contributed by atoms with van der Waals surface area (Å²) >= 11 is 0. The van der Waals surface area contributed by atoms with Crippen LogP contribution >= 0.6 is 0 Å². The Morgan fingerprint density at radius 3 is 2.46 bits per heavy atom. The average Bonchev–Trinajstić information content (AvgIpc) is 3.31. The lowest BCUT2D eigenvalue weighted by Crippen LogP contribution is -2.28. The summed E-state index contributed by atoms with van der Waals surface area (Å²) in [6.45, 7) is 0. The van der Waals surface area contributed by atoms with Crippen LogP contribution in [-0.4, -0.2) is 15.7 Å². The summed E-state index contributed by atoms with van der Waals surface area (Å²) in [5.41, 5.74) is 0.918. The van der Waals surface area contributed by atoms with E-state index in [1.165, 1.54) is 10.7 Å². The molecule has 1 heterocycles. The van der Waals surface area contributed by atoms with Crippen molar-refractivity contribution in [2.24, 2.45) is 0 Å². The van der Waals surface area contributed by atoms with Gasteiger partial charge in [0.05, 0.1) is 5.41 Å². The number of hydrogen-bond acceptors (Lipinski definition) is 2. The first kappa shape index (κ1) is 14.6. The lowest BCUT2D eigenvalue weighted by atomic mass is 9.95. The van der Waals surface area contributed by atoms with Gasteiger partial charge >= 0.3 is 0 Å². The van der Waals surface area contributed by atoms with Crippen LogP contribution in [0.3, 0.4) is 0 Å². The summed E-state index contributed by atoms with van der Waals surface area (Å²) in [5.74, 6) is -0.000585. The Balaban J connectivity index is 1.55. The molecule has 0 saturated heterocycles. The predicted molar refractivity (Wildman–Crippen MR) is 89.5 cm³/mol. The Kier molecular flexibility index (Phi) is 3.41. The number of carbonyl (C=O) groups is 1. The molecule has 4 nitrogen and oxygen atoms in total. The SMILES string of the molecule is O=C(Nc1ccn(-c2ccccc2F)n1)C1(c2ccccc2)CC1. The predicted octanol–water partition coefficient (Wildman–Crippen LogP) is 3.68. The Labute approximate surface area is 138 Å². The van der Waals surface area contributed by atoms with Crippen LogP contribution in [0.1, 0.15) is 18.4 Å². The first-order valence-corrected chi connectivity index (χ1v) is 7.87. The number of rotatable bonds is 4. The summed E-state index contributed by atoms with van der Waals surface area (Å²) < 4.78 is 15.2. The molecule has 0 unspecified atom stereocenters. The van der Waals surface area contributed by atoms with E-state index in [9.17, 15) is 9.18 Å². The van der Waals surface area contributed by atoms with Gasteiger partial charge in [-0.05, 0) is 30.5 Å². The van der Waals surface area contributed by atoms with Gasteiger partial charge in [-0.1, -0.05) is 42.5 Å². The molecule has 1 aromatic heterocycles. The number of aromatic nitrogens is 2. The number of hydrogen-bond donors (Lipinski definition) is 1. The molecule has 24 heavy (non-hydrogen) atoms. The van der Waals surface area contributed by atoms with Crippen LogP contribution in [-0.2, 0) is 10.2 Å². The summed E-state index contributed by atoms with van der Waals surface area (Å²) in [6, 6.07) is 17.8. The Morgan fingerprint density at radius 2 is 1.75 bits per heavy atom. The van der Waals surface area contributed by atoms with Crippen molar-refractivity contribution in [2.75, 3.05) is 5.32 Å². The smallest absolute Gasteiger partial charge is 0.236 e. The van der Waals surface area contributed by atoms with Gasteiger partial charge in [-0.25, -0.2) is 9.07 Å². The number of amides is 1. The summed E-state index contributed by atoms with van der Waals surface area (Å²) in [4.78, 5) is 12.7. The first-order valence-electron chi connectivity index (χ1n) is 7.87. The normalized spacial score (nSPS) is 15.0.